The molecule has 1 unspecified atom stereocenters. The number of hydrogen-bond acceptors (Lipinski definition) is 3. The molecule has 2 aromatic rings. The molecule has 2 aromatic carbocycles. The summed E-state index contributed by atoms with van der Waals surface area (Å²) in [7, 11) is -3.61. The number of rotatable bonds is 5. The van der Waals surface area contributed by atoms with Crippen LogP contribution in [0.15, 0.2) is 53.4 Å². The normalized spacial score (nSPS) is 18.1. The fourth-order valence-corrected chi connectivity index (χ4v) is 4.43. The lowest BCUT2D eigenvalue weighted by molar-refractivity contribution is 0.541. The molecule has 1 aliphatic heterocycles. The quantitative estimate of drug-likeness (QED) is 0.904. The summed E-state index contributed by atoms with van der Waals surface area (Å²) in [6.07, 6.45) is 0.944. The summed E-state index contributed by atoms with van der Waals surface area (Å²) in [6, 6.07) is 13.8. The zero-order chi connectivity index (χ0) is 17.2. The fraction of sp³-hybridized carbons (Fsp3) is 0.333. The number of benzene rings is 2. The van der Waals surface area contributed by atoms with E-state index in [4.69, 9.17) is 0 Å². The van der Waals surface area contributed by atoms with E-state index < -0.39 is 15.8 Å². The number of nitrogens with one attached hydrogen (secondary N) is 1. The van der Waals surface area contributed by atoms with Crippen molar-refractivity contribution in [1.29, 1.82) is 0 Å². The molecule has 1 heterocycles. The maximum absolute atomic E-state index is 13.2. The molecule has 4 nitrogen and oxygen atoms in total. The van der Waals surface area contributed by atoms with E-state index in [0.717, 1.165) is 25.2 Å². The summed E-state index contributed by atoms with van der Waals surface area (Å²) in [5.41, 5.74) is 1.58. The fourth-order valence-electron chi connectivity index (χ4n) is 3.09. The van der Waals surface area contributed by atoms with Gasteiger partial charge in [-0.2, -0.15) is 0 Å². The Hall–Kier alpha value is -1.92. The van der Waals surface area contributed by atoms with Crippen molar-refractivity contribution in [2.75, 3.05) is 24.5 Å². The molecule has 6 heteroatoms. The molecule has 3 rings (SSSR count). The van der Waals surface area contributed by atoms with Gasteiger partial charge in [0, 0.05) is 25.3 Å². The van der Waals surface area contributed by atoms with Crippen molar-refractivity contribution in [3.63, 3.8) is 0 Å². The molecule has 0 bridgehead atoms. The number of hydrogen-bond donors (Lipinski definition) is 1. The topological polar surface area (TPSA) is 49.4 Å². The van der Waals surface area contributed by atoms with E-state index in [1.54, 1.807) is 6.92 Å². The summed E-state index contributed by atoms with van der Waals surface area (Å²) < 4.78 is 40.7. The molecule has 0 amide bonds. The highest BCUT2D eigenvalue weighted by Gasteiger charge is 2.25. The predicted molar refractivity (Wildman–Crippen MR) is 93.1 cm³/mol. The van der Waals surface area contributed by atoms with Crippen molar-refractivity contribution in [2.45, 2.75) is 18.2 Å². The Morgan fingerprint density at radius 1 is 1.21 bits per heavy atom. The molecule has 0 radical (unpaired) electrons. The number of sulfonamides is 1. The molecule has 1 fully saturated rings. The van der Waals surface area contributed by atoms with Gasteiger partial charge in [0.05, 0.1) is 4.90 Å². The second-order valence-corrected chi connectivity index (χ2v) is 7.93. The van der Waals surface area contributed by atoms with Gasteiger partial charge in [0.2, 0.25) is 10.0 Å². The minimum atomic E-state index is -3.61. The van der Waals surface area contributed by atoms with E-state index in [9.17, 15) is 12.8 Å². The van der Waals surface area contributed by atoms with Gasteiger partial charge in [-0.05, 0) is 55.2 Å². The number of anilines is 1. The van der Waals surface area contributed by atoms with E-state index in [-0.39, 0.29) is 10.8 Å². The molecule has 1 aliphatic rings. The van der Waals surface area contributed by atoms with Crippen LogP contribution in [0.5, 0.6) is 0 Å². The molecule has 1 atom stereocenters. The smallest absolute Gasteiger partial charge is 0.240 e. The molecule has 0 aromatic heterocycles. The van der Waals surface area contributed by atoms with Gasteiger partial charge in [0.25, 0.3) is 0 Å². The third kappa shape index (κ3) is 3.76. The number of para-hydroxylation sites is 1. The Kier molecular flexibility index (Phi) is 4.87. The van der Waals surface area contributed by atoms with Gasteiger partial charge >= 0.3 is 0 Å². The van der Waals surface area contributed by atoms with Gasteiger partial charge in [-0.3, -0.25) is 0 Å². The van der Waals surface area contributed by atoms with Crippen LogP contribution in [0.1, 0.15) is 12.0 Å². The number of aryl methyl sites for hydroxylation is 1. The Morgan fingerprint density at radius 2 is 1.96 bits per heavy atom. The highest BCUT2D eigenvalue weighted by atomic mass is 32.2. The maximum atomic E-state index is 13.2. The first kappa shape index (κ1) is 16.9. The third-order valence-electron chi connectivity index (χ3n) is 4.40. The van der Waals surface area contributed by atoms with Gasteiger partial charge in [-0.15, -0.1) is 0 Å². The van der Waals surface area contributed by atoms with E-state index >= 15 is 0 Å². The van der Waals surface area contributed by atoms with Crippen LogP contribution in [0.2, 0.25) is 0 Å². The van der Waals surface area contributed by atoms with Crippen LogP contribution in [-0.2, 0) is 10.0 Å². The van der Waals surface area contributed by atoms with Crippen molar-refractivity contribution >= 4 is 15.7 Å². The van der Waals surface area contributed by atoms with Crippen molar-refractivity contribution < 1.29 is 12.8 Å². The standard InChI is InChI=1S/C18H21FN2O2S/c1-14-11-16(19)7-8-18(14)24(22,23)20-12-15-9-10-21(13-15)17-5-3-2-4-6-17/h2-8,11,15,20H,9-10,12-13H2,1H3. The monoisotopic (exact) mass is 348 g/mol. The average Bonchev–Trinajstić information content (AvgIpc) is 3.02. The van der Waals surface area contributed by atoms with Crippen LogP contribution in [0.25, 0.3) is 0 Å². The van der Waals surface area contributed by atoms with Gasteiger partial charge in [0.15, 0.2) is 0 Å². The van der Waals surface area contributed by atoms with Gasteiger partial charge in [-0.25, -0.2) is 17.5 Å². The first-order valence-electron chi connectivity index (χ1n) is 8.01. The van der Waals surface area contributed by atoms with Gasteiger partial charge < -0.3 is 4.90 Å². The highest BCUT2D eigenvalue weighted by Crippen LogP contribution is 2.23. The molecule has 0 spiro atoms. The van der Waals surface area contributed by atoms with Crippen molar-refractivity contribution in [1.82, 2.24) is 4.72 Å². The lowest BCUT2D eigenvalue weighted by atomic mass is 10.1. The Labute approximate surface area is 142 Å². The SMILES string of the molecule is Cc1cc(F)ccc1S(=O)(=O)NCC1CCN(c2ccccc2)C1. The largest absolute Gasteiger partial charge is 0.371 e. The van der Waals surface area contributed by atoms with Crippen molar-refractivity contribution in [2.24, 2.45) is 5.92 Å². The predicted octanol–water partition coefficient (Wildman–Crippen LogP) is 2.94. The second kappa shape index (κ2) is 6.91. The van der Waals surface area contributed by atoms with Crippen LogP contribution >= 0.6 is 0 Å². The zero-order valence-corrected chi connectivity index (χ0v) is 14.4. The second-order valence-electron chi connectivity index (χ2n) is 6.20. The van der Waals surface area contributed by atoms with Crippen LogP contribution in [-0.4, -0.2) is 28.1 Å². The number of nitrogens with zero attached hydrogens (tertiary/aromatic N) is 1. The molecule has 0 aliphatic carbocycles. The van der Waals surface area contributed by atoms with Crippen LogP contribution in [0, 0.1) is 18.7 Å². The lowest BCUT2D eigenvalue weighted by Gasteiger charge is -2.19. The van der Waals surface area contributed by atoms with E-state index in [1.807, 2.05) is 18.2 Å². The van der Waals surface area contributed by atoms with E-state index in [2.05, 4.69) is 21.8 Å². The molecule has 128 valence electrons. The van der Waals surface area contributed by atoms with Crippen LogP contribution in [0.3, 0.4) is 0 Å². The molecule has 1 N–H and O–H groups in total. The zero-order valence-electron chi connectivity index (χ0n) is 13.6. The maximum Gasteiger partial charge on any atom is 0.240 e. The van der Waals surface area contributed by atoms with Crippen molar-refractivity contribution in [3.05, 3.63) is 59.9 Å². The van der Waals surface area contributed by atoms with Crippen LogP contribution < -0.4 is 9.62 Å². The van der Waals surface area contributed by atoms with E-state index in [0.29, 0.717) is 12.1 Å². The number of halogens is 1. The van der Waals surface area contributed by atoms with Crippen molar-refractivity contribution in [3.8, 4) is 0 Å². The van der Waals surface area contributed by atoms with Gasteiger partial charge in [-0.1, -0.05) is 18.2 Å². The summed E-state index contributed by atoms with van der Waals surface area (Å²) in [5.74, 6) is -0.165. The third-order valence-corrected chi connectivity index (χ3v) is 5.98. The first-order valence-corrected chi connectivity index (χ1v) is 9.50. The minimum Gasteiger partial charge on any atom is -0.371 e. The summed E-state index contributed by atoms with van der Waals surface area (Å²) >= 11 is 0. The molecule has 24 heavy (non-hydrogen) atoms. The average molecular weight is 348 g/mol. The molecular formula is C18H21FN2O2S. The Morgan fingerprint density at radius 3 is 2.67 bits per heavy atom. The Bertz CT molecular complexity index is 809. The summed E-state index contributed by atoms with van der Waals surface area (Å²) in [6.45, 7) is 3.74. The lowest BCUT2D eigenvalue weighted by Crippen LogP contribution is -2.31. The highest BCUT2D eigenvalue weighted by molar-refractivity contribution is 7.89. The Balaban J connectivity index is 1.62. The minimum absolute atomic E-state index is 0.141. The van der Waals surface area contributed by atoms with Crippen LogP contribution in [0.4, 0.5) is 10.1 Å². The van der Waals surface area contributed by atoms with E-state index in [1.165, 1.54) is 18.2 Å². The molecule has 1 saturated heterocycles. The molecule has 0 saturated carbocycles. The summed E-state index contributed by atoms with van der Waals surface area (Å²) in [4.78, 5) is 2.41. The first-order chi connectivity index (χ1) is 11.5. The molecular weight excluding hydrogens is 327 g/mol. The van der Waals surface area contributed by atoms with Gasteiger partial charge in [0.1, 0.15) is 5.82 Å². The summed E-state index contributed by atoms with van der Waals surface area (Å²) in [5, 5.41) is 0.